The molecule has 0 amide bonds. The van der Waals surface area contributed by atoms with Gasteiger partial charge in [0.05, 0.1) is 26.4 Å². The van der Waals surface area contributed by atoms with Crippen molar-refractivity contribution in [1.82, 2.24) is 0 Å². The molecule has 0 spiro atoms. The number of aliphatic hydroxyl groups excluding tert-OH is 4. The van der Waals surface area contributed by atoms with Gasteiger partial charge in [-0.15, -0.1) is 0 Å². The van der Waals surface area contributed by atoms with Crippen molar-refractivity contribution < 1.29 is 25.5 Å². The van der Waals surface area contributed by atoms with Gasteiger partial charge in [-0.2, -0.15) is 0 Å². The molecule has 5 N–H and O–H groups in total. The van der Waals surface area contributed by atoms with E-state index in [1.165, 1.54) is 0 Å². The van der Waals surface area contributed by atoms with Crippen molar-refractivity contribution in [1.29, 1.82) is 0 Å². The summed E-state index contributed by atoms with van der Waals surface area (Å²) >= 11 is 0. The first-order valence-electron chi connectivity index (χ1n) is 5.21. The zero-order chi connectivity index (χ0) is 11.9. The number of hydrogen-bond acceptors (Lipinski definition) is 5. The molecule has 15 heavy (non-hydrogen) atoms. The van der Waals surface area contributed by atoms with Crippen LogP contribution in [0.1, 0.15) is 26.2 Å². The molecular formula is C10H22O5. The van der Waals surface area contributed by atoms with Crippen LogP contribution in [0, 0.1) is 5.41 Å². The maximum atomic E-state index is 9.95. The number of aliphatic hydroxyl groups is 5. The summed E-state index contributed by atoms with van der Waals surface area (Å²) in [7, 11) is 0. The maximum absolute atomic E-state index is 9.95. The molecule has 0 fully saturated rings. The molecule has 0 aromatic heterocycles. The molecule has 5 heteroatoms. The Hall–Kier alpha value is -0.200. The molecule has 0 aromatic rings. The second-order valence-corrected chi connectivity index (χ2v) is 4.05. The van der Waals surface area contributed by atoms with Gasteiger partial charge in [-0.1, -0.05) is 19.8 Å². The predicted molar refractivity (Wildman–Crippen MR) is 55.3 cm³/mol. The van der Waals surface area contributed by atoms with Crippen molar-refractivity contribution in [2.45, 2.75) is 31.8 Å². The van der Waals surface area contributed by atoms with Crippen molar-refractivity contribution in [2.75, 3.05) is 26.4 Å². The highest BCUT2D eigenvalue weighted by Crippen LogP contribution is 2.35. The summed E-state index contributed by atoms with van der Waals surface area (Å²) in [5, 5.41) is 46.6. The summed E-state index contributed by atoms with van der Waals surface area (Å²) in [6, 6.07) is 0. The molecule has 0 saturated carbocycles. The topological polar surface area (TPSA) is 101 Å². The van der Waals surface area contributed by atoms with E-state index in [0.29, 0.717) is 12.8 Å². The zero-order valence-electron chi connectivity index (χ0n) is 9.19. The van der Waals surface area contributed by atoms with Gasteiger partial charge in [0.2, 0.25) is 0 Å². The average molecular weight is 222 g/mol. The Morgan fingerprint density at radius 1 is 0.867 bits per heavy atom. The summed E-state index contributed by atoms with van der Waals surface area (Å²) < 4.78 is 0. The lowest BCUT2D eigenvalue weighted by Gasteiger charge is -2.43. The van der Waals surface area contributed by atoms with Gasteiger partial charge in [-0.25, -0.2) is 0 Å². The van der Waals surface area contributed by atoms with Crippen LogP contribution in [-0.4, -0.2) is 57.6 Å². The van der Waals surface area contributed by atoms with Crippen molar-refractivity contribution in [3.05, 3.63) is 0 Å². The molecule has 0 rings (SSSR count). The van der Waals surface area contributed by atoms with Crippen molar-refractivity contribution >= 4 is 0 Å². The predicted octanol–water partition coefficient (Wildman–Crippen LogP) is -1.14. The molecule has 0 unspecified atom stereocenters. The molecule has 5 nitrogen and oxygen atoms in total. The van der Waals surface area contributed by atoms with Crippen molar-refractivity contribution in [3.8, 4) is 0 Å². The third kappa shape index (κ3) is 2.89. The molecule has 0 saturated heterocycles. The van der Waals surface area contributed by atoms with E-state index in [0.717, 1.165) is 6.42 Å². The largest absolute Gasteiger partial charge is 0.396 e. The molecule has 0 aromatic carbocycles. The summed E-state index contributed by atoms with van der Waals surface area (Å²) in [5.74, 6) is 0. The SMILES string of the molecule is CCCCC(CO)(CO)C(O)(CO)CO. The van der Waals surface area contributed by atoms with Gasteiger partial charge in [0.1, 0.15) is 5.60 Å². The molecule has 0 heterocycles. The molecular weight excluding hydrogens is 200 g/mol. The first-order chi connectivity index (χ1) is 7.05. The quantitative estimate of drug-likeness (QED) is 0.357. The van der Waals surface area contributed by atoms with Crippen LogP contribution in [0.4, 0.5) is 0 Å². The van der Waals surface area contributed by atoms with E-state index in [-0.39, 0.29) is 0 Å². The fourth-order valence-corrected chi connectivity index (χ4v) is 1.64. The van der Waals surface area contributed by atoms with Gasteiger partial charge in [-0.3, -0.25) is 0 Å². The van der Waals surface area contributed by atoms with Crippen LogP contribution in [0.5, 0.6) is 0 Å². The van der Waals surface area contributed by atoms with E-state index in [2.05, 4.69) is 0 Å². The van der Waals surface area contributed by atoms with E-state index in [9.17, 15) is 15.3 Å². The van der Waals surface area contributed by atoms with E-state index < -0.39 is 37.4 Å². The van der Waals surface area contributed by atoms with Gasteiger partial charge in [0.25, 0.3) is 0 Å². The average Bonchev–Trinajstić information content (AvgIpc) is 2.30. The Labute approximate surface area is 90.0 Å². The fraction of sp³-hybridized carbons (Fsp3) is 1.00. The maximum Gasteiger partial charge on any atom is 0.121 e. The highest BCUT2D eigenvalue weighted by molar-refractivity contribution is 4.98. The van der Waals surface area contributed by atoms with E-state index in [4.69, 9.17) is 10.2 Å². The van der Waals surface area contributed by atoms with Gasteiger partial charge < -0.3 is 25.5 Å². The Bertz CT molecular complexity index is 163. The molecule has 0 bridgehead atoms. The third-order valence-corrected chi connectivity index (χ3v) is 3.12. The summed E-state index contributed by atoms with van der Waals surface area (Å²) in [6.45, 7) is -0.374. The monoisotopic (exact) mass is 222 g/mol. The van der Waals surface area contributed by atoms with Crippen molar-refractivity contribution in [3.63, 3.8) is 0 Å². The van der Waals surface area contributed by atoms with E-state index in [1.807, 2.05) is 6.92 Å². The number of rotatable bonds is 8. The zero-order valence-corrected chi connectivity index (χ0v) is 9.19. The van der Waals surface area contributed by atoms with E-state index >= 15 is 0 Å². The van der Waals surface area contributed by atoms with Crippen LogP contribution in [0.2, 0.25) is 0 Å². The molecule has 0 aliphatic heterocycles. The minimum Gasteiger partial charge on any atom is -0.396 e. The van der Waals surface area contributed by atoms with Gasteiger partial charge in [-0.05, 0) is 6.42 Å². The Kier molecular flexibility index (Phi) is 6.31. The van der Waals surface area contributed by atoms with Crippen LogP contribution in [0.15, 0.2) is 0 Å². The molecule has 92 valence electrons. The summed E-state index contributed by atoms with van der Waals surface area (Å²) in [5.41, 5.74) is -3.09. The third-order valence-electron chi connectivity index (χ3n) is 3.12. The van der Waals surface area contributed by atoms with Crippen LogP contribution in [0.3, 0.4) is 0 Å². The van der Waals surface area contributed by atoms with Gasteiger partial charge >= 0.3 is 0 Å². The second-order valence-electron chi connectivity index (χ2n) is 4.05. The van der Waals surface area contributed by atoms with Gasteiger partial charge in [0, 0.05) is 5.41 Å². The Balaban J connectivity index is 4.87. The summed E-state index contributed by atoms with van der Waals surface area (Å²) in [4.78, 5) is 0. The second kappa shape index (κ2) is 6.40. The molecule has 0 aliphatic carbocycles. The highest BCUT2D eigenvalue weighted by atomic mass is 16.4. The lowest BCUT2D eigenvalue weighted by atomic mass is 9.70. The lowest BCUT2D eigenvalue weighted by Crippen LogP contribution is -2.58. The number of hydrogen-bond donors (Lipinski definition) is 5. The standard InChI is InChI=1S/C10H22O5/c1-2-3-4-9(5-11,6-12)10(15,7-13)8-14/h11-15H,2-8H2,1H3. The molecule has 0 aliphatic rings. The van der Waals surface area contributed by atoms with Crippen LogP contribution >= 0.6 is 0 Å². The van der Waals surface area contributed by atoms with Crippen molar-refractivity contribution in [2.24, 2.45) is 5.41 Å². The van der Waals surface area contributed by atoms with E-state index in [1.54, 1.807) is 0 Å². The van der Waals surface area contributed by atoms with Crippen LogP contribution < -0.4 is 0 Å². The normalized spacial score (nSPS) is 13.2. The minimum atomic E-state index is -1.84. The minimum absolute atomic E-state index is 0.355. The first kappa shape index (κ1) is 14.8. The number of unbranched alkanes of at least 4 members (excludes halogenated alkanes) is 1. The Morgan fingerprint density at radius 2 is 1.33 bits per heavy atom. The Morgan fingerprint density at radius 3 is 1.60 bits per heavy atom. The smallest absolute Gasteiger partial charge is 0.121 e. The van der Waals surface area contributed by atoms with Gasteiger partial charge in [0.15, 0.2) is 0 Å². The summed E-state index contributed by atoms with van der Waals surface area (Å²) in [6.07, 6.45) is 1.90. The lowest BCUT2D eigenvalue weighted by molar-refractivity contribution is -0.179. The molecule has 0 atom stereocenters. The highest BCUT2D eigenvalue weighted by Gasteiger charge is 2.48. The van der Waals surface area contributed by atoms with Crippen LogP contribution in [-0.2, 0) is 0 Å². The molecule has 0 radical (unpaired) electrons. The first-order valence-corrected chi connectivity index (χ1v) is 5.21. The fourth-order valence-electron chi connectivity index (χ4n) is 1.64. The van der Waals surface area contributed by atoms with Crippen LogP contribution in [0.25, 0.3) is 0 Å².